The molecule has 0 saturated carbocycles. The number of pyridine rings is 1. The van der Waals surface area contributed by atoms with Gasteiger partial charge in [0.2, 0.25) is 5.88 Å². The van der Waals surface area contributed by atoms with Gasteiger partial charge in [0.15, 0.2) is 11.6 Å². The molecular weight excluding hydrogens is 309 g/mol. The van der Waals surface area contributed by atoms with E-state index in [1.165, 1.54) is 12.1 Å². The van der Waals surface area contributed by atoms with E-state index in [4.69, 9.17) is 14.7 Å². The summed E-state index contributed by atoms with van der Waals surface area (Å²) in [6, 6.07) is 9.68. The third kappa shape index (κ3) is 4.00. The number of rotatable bonds is 5. The van der Waals surface area contributed by atoms with E-state index >= 15 is 0 Å². The number of nitrogens with zero attached hydrogens (tertiary/aromatic N) is 2. The Morgan fingerprint density at radius 1 is 1.29 bits per heavy atom. The van der Waals surface area contributed by atoms with Gasteiger partial charge >= 0.3 is 0 Å². The number of aromatic nitrogens is 1. The lowest BCUT2D eigenvalue weighted by Gasteiger charge is -2.24. The lowest BCUT2D eigenvalue weighted by atomic mass is 10.1. The highest BCUT2D eigenvalue weighted by Crippen LogP contribution is 2.23. The molecule has 3 rings (SSSR count). The molecule has 1 aliphatic heterocycles. The molecule has 2 heterocycles. The Balaban J connectivity index is 1.68. The number of nitriles is 1. The molecule has 0 unspecified atom stereocenters. The molecule has 1 aliphatic rings. The number of ether oxygens (including phenoxy) is 2. The zero-order valence-electron chi connectivity index (χ0n) is 13.2. The van der Waals surface area contributed by atoms with Crippen molar-refractivity contribution in [3.05, 3.63) is 53.5 Å². The molecule has 124 valence electrons. The Hall–Kier alpha value is -2.65. The predicted octanol–water partition coefficient (Wildman–Crippen LogP) is 2.80. The van der Waals surface area contributed by atoms with Crippen molar-refractivity contribution in [2.24, 2.45) is 0 Å². The average Bonchev–Trinajstić information content (AvgIpc) is 2.62. The van der Waals surface area contributed by atoms with Gasteiger partial charge in [0.05, 0.1) is 17.2 Å². The van der Waals surface area contributed by atoms with Crippen LogP contribution in [0.15, 0.2) is 36.5 Å². The number of hydrogen-bond acceptors (Lipinski definition) is 5. The van der Waals surface area contributed by atoms with Crippen LogP contribution >= 0.6 is 0 Å². The number of hydrogen-bond donors (Lipinski definition) is 1. The molecule has 5 nitrogen and oxygen atoms in total. The molecule has 0 spiro atoms. The van der Waals surface area contributed by atoms with Crippen molar-refractivity contribution < 1.29 is 13.9 Å². The highest BCUT2D eigenvalue weighted by atomic mass is 19.1. The maximum atomic E-state index is 13.9. The van der Waals surface area contributed by atoms with E-state index in [1.54, 1.807) is 12.3 Å². The molecule has 0 aliphatic carbocycles. The molecule has 1 saturated heterocycles. The minimum absolute atomic E-state index is 0.102. The summed E-state index contributed by atoms with van der Waals surface area (Å²) >= 11 is 0. The molecule has 2 aromatic rings. The molecule has 0 amide bonds. The first kappa shape index (κ1) is 16.2. The molecule has 1 aromatic carbocycles. The molecule has 1 aromatic heterocycles. The normalized spacial score (nSPS) is 14.8. The van der Waals surface area contributed by atoms with Crippen LogP contribution in [0.25, 0.3) is 0 Å². The Morgan fingerprint density at radius 3 is 2.88 bits per heavy atom. The number of piperidine rings is 1. The topological polar surface area (TPSA) is 67.2 Å². The van der Waals surface area contributed by atoms with Crippen molar-refractivity contribution in [3.63, 3.8) is 0 Å². The molecule has 1 N–H and O–H groups in total. The number of halogens is 1. The summed E-state index contributed by atoms with van der Waals surface area (Å²) in [5, 5.41) is 12.1. The quantitative estimate of drug-likeness (QED) is 0.914. The summed E-state index contributed by atoms with van der Waals surface area (Å²) in [5.41, 5.74) is 1.02. The minimum atomic E-state index is -0.557. The molecular formula is C18H18FN3O2. The van der Waals surface area contributed by atoms with Gasteiger partial charge < -0.3 is 14.8 Å². The van der Waals surface area contributed by atoms with E-state index in [9.17, 15) is 4.39 Å². The largest absolute Gasteiger partial charge is 0.486 e. The molecule has 6 heteroatoms. The molecule has 0 atom stereocenters. The fourth-order valence-electron chi connectivity index (χ4n) is 2.55. The fourth-order valence-corrected chi connectivity index (χ4v) is 2.55. The standard InChI is InChI=1S/C18H18FN3O2/c19-16-10-13(11-20)3-4-17(16)23-12-14-2-1-7-22-18(14)24-15-5-8-21-9-6-15/h1-4,7,10,15,21H,5-6,8-9,12H2. The fraction of sp³-hybridized carbons (Fsp3) is 0.333. The lowest BCUT2D eigenvalue weighted by molar-refractivity contribution is 0.151. The molecule has 0 radical (unpaired) electrons. The maximum absolute atomic E-state index is 13.9. The predicted molar refractivity (Wildman–Crippen MR) is 86.2 cm³/mol. The van der Waals surface area contributed by atoms with Crippen LogP contribution in [-0.4, -0.2) is 24.2 Å². The molecule has 1 fully saturated rings. The van der Waals surface area contributed by atoms with Gasteiger partial charge in [0, 0.05) is 6.20 Å². The van der Waals surface area contributed by atoms with Crippen LogP contribution in [0, 0.1) is 17.1 Å². The van der Waals surface area contributed by atoms with Crippen LogP contribution in [-0.2, 0) is 6.61 Å². The zero-order valence-corrected chi connectivity index (χ0v) is 13.2. The van der Waals surface area contributed by atoms with Crippen molar-refractivity contribution in [1.29, 1.82) is 5.26 Å². The van der Waals surface area contributed by atoms with E-state index in [0.29, 0.717) is 5.88 Å². The van der Waals surface area contributed by atoms with Crippen LogP contribution in [0.3, 0.4) is 0 Å². The van der Waals surface area contributed by atoms with E-state index in [-0.39, 0.29) is 24.0 Å². The molecule has 0 bridgehead atoms. The van der Waals surface area contributed by atoms with Crippen molar-refractivity contribution in [3.8, 4) is 17.7 Å². The SMILES string of the molecule is N#Cc1ccc(OCc2cccnc2OC2CCNCC2)c(F)c1. The van der Waals surface area contributed by atoms with E-state index < -0.39 is 5.82 Å². The summed E-state index contributed by atoms with van der Waals surface area (Å²) in [6.45, 7) is 2.01. The van der Waals surface area contributed by atoms with Crippen LogP contribution in [0.2, 0.25) is 0 Å². The van der Waals surface area contributed by atoms with Crippen LogP contribution in [0.4, 0.5) is 4.39 Å². The van der Waals surface area contributed by atoms with Crippen molar-refractivity contribution in [2.75, 3.05) is 13.1 Å². The zero-order chi connectivity index (χ0) is 16.8. The lowest BCUT2D eigenvalue weighted by Crippen LogP contribution is -2.34. The third-order valence-electron chi connectivity index (χ3n) is 3.86. The second-order valence-corrected chi connectivity index (χ2v) is 5.58. The van der Waals surface area contributed by atoms with E-state index in [1.807, 2.05) is 12.1 Å². The van der Waals surface area contributed by atoms with Crippen LogP contribution in [0.5, 0.6) is 11.6 Å². The second-order valence-electron chi connectivity index (χ2n) is 5.58. The number of nitrogens with one attached hydrogen (secondary N) is 1. The number of benzene rings is 1. The average molecular weight is 327 g/mol. The van der Waals surface area contributed by atoms with Gasteiger partial charge in [-0.2, -0.15) is 5.26 Å². The highest BCUT2D eigenvalue weighted by molar-refractivity contribution is 5.36. The monoisotopic (exact) mass is 327 g/mol. The van der Waals surface area contributed by atoms with Gasteiger partial charge in [-0.1, -0.05) is 0 Å². The maximum Gasteiger partial charge on any atom is 0.220 e. The summed E-state index contributed by atoms with van der Waals surface area (Å²) in [7, 11) is 0. The van der Waals surface area contributed by atoms with E-state index in [0.717, 1.165) is 37.6 Å². The van der Waals surface area contributed by atoms with Gasteiger partial charge in [-0.15, -0.1) is 0 Å². The summed E-state index contributed by atoms with van der Waals surface area (Å²) in [6.07, 6.45) is 3.66. The summed E-state index contributed by atoms with van der Waals surface area (Å²) in [4.78, 5) is 4.28. The van der Waals surface area contributed by atoms with Gasteiger partial charge in [-0.25, -0.2) is 9.37 Å². The first-order chi connectivity index (χ1) is 11.8. The Morgan fingerprint density at radius 2 is 2.12 bits per heavy atom. The van der Waals surface area contributed by atoms with Crippen LogP contribution in [0.1, 0.15) is 24.0 Å². The Bertz CT molecular complexity index is 739. The van der Waals surface area contributed by atoms with Crippen molar-refractivity contribution >= 4 is 0 Å². The minimum Gasteiger partial charge on any atom is -0.486 e. The van der Waals surface area contributed by atoms with E-state index in [2.05, 4.69) is 10.3 Å². The smallest absolute Gasteiger partial charge is 0.220 e. The first-order valence-electron chi connectivity index (χ1n) is 7.90. The van der Waals surface area contributed by atoms with Gasteiger partial charge in [-0.05, 0) is 56.3 Å². The summed E-state index contributed by atoms with van der Waals surface area (Å²) in [5.74, 6) is 0.0721. The summed E-state index contributed by atoms with van der Waals surface area (Å²) < 4.78 is 25.4. The van der Waals surface area contributed by atoms with Gasteiger partial charge in [-0.3, -0.25) is 0 Å². The van der Waals surface area contributed by atoms with Gasteiger partial charge in [0.25, 0.3) is 0 Å². The van der Waals surface area contributed by atoms with Crippen molar-refractivity contribution in [1.82, 2.24) is 10.3 Å². The van der Waals surface area contributed by atoms with Gasteiger partial charge in [0.1, 0.15) is 12.7 Å². The third-order valence-corrected chi connectivity index (χ3v) is 3.86. The molecule has 24 heavy (non-hydrogen) atoms. The van der Waals surface area contributed by atoms with Crippen molar-refractivity contribution in [2.45, 2.75) is 25.6 Å². The van der Waals surface area contributed by atoms with Crippen LogP contribution < -0.4 is 14.8 Å². The highest BCUT2D eigenvalue weighted by Gasteiger charge is 2.17. The second kappa shape index (κ2) is 7.75. The Labute approximate surface area is 140 Å². The Kier molecular flexibility index (Phi) is 5.24. The first-order valence-corrected chi connectivity index (χ1v) is 7.90.